The number of carbonyl (C=O) groups is 1. The molecule has 0 aliphatic heterocycles. The second-order valence-electron chi connectivity index (χ2n) is 3.14. The van der Waals surface area contributed by atoms with Gasteiger partial charge in [-0.1, -0.05) is 21.1 Å². The molecule has 1 aromatic heterocycles. The zero-order chi connectivity index (χ0) is 11.3. The lowest BCUT2D eigenvalue weighted by molar-refractivity contribution is 0.0934. The lowest BCUT2D eigenvalue weighted by Gasteiger charge is -2.07. The van der Waals surface area contributed by atoms with Crippen LogP contribution in [-0.2, 0) is 11.3 Å². The molecule has 84 valence electrons. The molecular formula is C9H13BrN2O3. The Morgan fingerprint density at radius 1 is 1.80 bits per heavy atom. The van der Waals surface area contributed by atoms with Crippen LogP contribution in [0.5, 0.6) is 0 Å². The summed E-state index contributed by atoms with van der Waals surface area (Å²) in [6.07, 6.45) is 0. The third-order valence-electron chi connectivity index (χ3n) is 1.69. The molecule has 1 rings (SSSR count). The molecule has 1 atom stereocenters. The van der Waals surface area contributed by atoms with Crippen molar-refractivity contribution in [3.05, 3.63) is 17.5 Å². The average molecular weight is 277 g/mol. The highest BCUT2D eigenvalue weighted by Crippen LogP contribution is 2.05. The normalized spacial score (nSPS) is 12.5. The summed E-state index contributed by atoms with van der Waals surface area (Å²) < 4.78 is 9.74. The average Bonchev–Trinajstić information content (AvgIpc) is 2.67. The topological polar surface area (TPSA) is 64.4 Å². The van der Waals surface area contributed by atoms with Crippen LogP contribution < -0.4 is 5.32 Å². The van der Waals surface area contributed by atoms with Crippen LogP contribution in [-0.4, -0.2) is 29.5 Å². The van der Waals surface area contributed by atoms with Crippen molar-refractivity contribution in [3.8, 4) is 0 Å². The first kappa shape index (κ1) is 12.2. The van der Waals surface area contributed by atoms with E-state index in [0.29, 0.717) is 17.7 Å². The Bertz CT molecular complexity index is 327. The molecule has 1 aromatic rings. The first-order valence-electron chi connectivity index (χ1n) is 4.48. The molecule has 15 heavy (non-hydrogen) atoms. The van der Waals surface area contributed by atoms with Gasteiger partial charge in [0.1, 0.15) is 6.61 Å². The molecule has 0 fully saturated rings. The Hall–Kier alpha value is -0.880. The predicted octanol–water partition coefficient (Wildman–Crippen LogP) is 1.33. The minimum Gasteiger partial charge on any atom is -0.377 e. The quantitative estimate of drug-likeness (QED) is 0.825. The Morgan fingerprint density at radius 2 is 2.53 bits per heavy atom. The van der Waals surface area contributed by atoms with Crippen LogP contribution >= 0.6 is 15.9 Å². The molecule has 0 aliphatic carbocycles. The number of amides is 1. The van der Waals surface area contributed by atoms with Gasteiger partial charge in [0.05, 0.1) is 0 Å². The predicted molar refractivity (Wildman–Crippen MR) is 57.9 cm³/mol. The Morgan fingerprint density at radius 3 is 3.13 bits per heavy atom. The van der Waals surface area contributed by atoms with Gasteiger partial charge < -0.3 is 14.6 Å². The maximum absolute atomic E-state index is 11.5. The largest absolute Gasteiger partial charge is 0.377 e. The highest BCUT2D eigenvalue weighted by atomic mass is 79.9. The van der Waals surface area contributed by atoms with Crippen molar-refractivity contribution in [3.63, 3.8) is 0 Å². The Balaban J connectivity index is 2.58. The lowest BCUT2D eigenvalue weighted by Crippen LogP contribution is -2.33. The third-order valence-corrected chi connectivity index (χ3v) is 2.66. The zero-order valence-electron chi connectivity index (χ0n) is 8.62. The summed E-state index contributed by atoms with van der Waals surface area (Å²) >= 11 is 3.27. The number of hydrogen-bond acceptors (Lipinski definition) is 4. The maximum atomic E-state index is 11.5. The maximum Gasteiger partial charge on any atom is 0.273 e. The van der Waals surface area contributed by atoms with E-state index >= 15 is 0 Å². The number of aromatic nitrogens is 1. The standard InChI is InChI=1S/C9H13BrN2O3/c1-6(4-10)11-9(13)8-3-7(5-14-2)15-12-8/h3,6H,4-5H2,1-2H3,(H,11,13). The molecule has 1 amide bonds. The summed E-state index contributed by atoms with van der Waals surface area (Å²) in [5.74, 6) is 0.294. The third kappa shape index (κ3) is 3.64. The van der Waals surface area contributed by atoms with Crippen LogP contribution in [0.15, 0.2) is 10.6 Å². The van der Waals surface area contributed by atoms with Gasteiger partial charge in [0.2, 0.25) is 0 Å². The van der Waals surface area contributed by atoms with Crippen LogP contribution in [0.2, 0.25) is 0 Å². The van der Waals surface area contributed by atoms with E-state index in [2.05, 4.69) is 26.4 Å². The summed E-state index contributed by atoms with van der Waals surface area (Å²) in [7, 11) is 1.55. The van der Waals surface area contributed by atoms with Crippen molar-refractivity contribution in [2.75, 3.05) is 12.4 Å². The second kappa shape index (κ2) is 5.87. The fraction of sp³-hybridized carbons (Fsp3) is 0.556. The van der Waals surface area contributed by atoms with E-state index in [4.69, 9.17) is 9.26 Å². The fourth-order valence-electron chi connectivity index (χ4n) is 0.967. The van der Waals surface area contributed by atoms with Crippen molar-refractivity contribution in [2.24, 2.45) is 0 Å². The minimum absolute atomic E-state index is 0.0556. The number of nitrogens with one attached hydrogen (secondary N) is 1. The summed E-state index contributed by atoms with van der Waals surface area (Å²) in [6, 6.07) is 1.62. The van der Waals surface area contributed by atoms with Crippen LogP contribution in [0, 0.1) is 0 Å². The van der Waals surface area contributed by atoms with E-state index in [0.717, 1.165) is 0 Å². The second-order valence-corrected chi connectivity index (χ2v) is 3.79. The van der Waals surface area contributed by atoms with Gasteiger partial charge in [-0.3, -0.25) is 4.79 Å². The molecular weight excluding hydrogens is 264 g/mol. The molecule has 1 N–H and O–H groups in total. The van der Waals surface area contributed by atoms with Crippen LogP contribution in [0.4, 0.5) is 0 Å². The highest BCUT2D eigenvalue weighted by Gasteiger charge is 2.13. The van der Waals surface area contributed by atoms with E-state index in [1.54, 1.807) is 13.2 Å². The number of hydrogen-bond donors (Lipinski definition) is 1. The smallest absolute Gasteiger partial charge is 0.273 e. The summed E-state index contributed by atoms with van der Waals surface area (Å²) in [5.41, 5.74) is 0.273. The van der Waals surface area contributed by atoms with Gasteiger partial charge in [-0.05, 0) is 6.92 Å². The van der Waals surface area contributed by atoms with E-state index in [-0.39, 0.29) is 17.6 Å². The van der Waals surface area contributed by atoms with Gasteiger partial charge in [0.15, 0.2) is 11.5 Å². The van der Waals surface area contributed by atoms with Crippen molar-refractivity contribution in [1.82, 2.24) is 10.5 Å². The molecule has 0 spiro atoms. The van der Waals surface area contributed by atoms with Crippen molar-refractivity contribution < 1.29 is 14.1 Å². The van der Waals surface area contributed by atoms with Gasteiger partial charge in [-0.2, -0.15) is 0 Å². The van der Waals surface area contributed by atoms with Gasteiger partial charge in [-0.15, -0.1) is 0 Å². The Labute approximate surface area is 96.3 Å². The van der Waals surface area contributed by atoms with Crippen LogP contribution in [0.1, 0.15) is 23.2 Å². The summed E-state index contributed by atoms with van der Waals surface area (Å²) in [4.78, 5) is 11.5. The van der Waals surface area contributed by atoms with Gasteiger partial charge in [0.25, 0.3) is 5.91 Å². The van der Waals surface area contributed by atoms with Crippen LogP contribution in [0.25, 0.3) is 0 Å². The fourth-order valence-corrected chi connectivity index (χ4v) is 1.13. The van der Waals surface area contributed by atoms with Gasteiger partial charge in [0, 0.05) is 24.5 Å². The van der Waals surface area contributed by atoms with Crippen LogP contribution in [0.3, 0.4) is 0 Å². The highest BCUT2D eigenvalue weighted by molar-refractivity contribution is 9.09. The van der Waals surface area contributed by atoms with Crippen molar-refractivity contribution in [1.29, 1.82) is 0 Å². The molecule has 5 nitrogen and oxygen atoms in total. The van der Waals surface area contributed by atoms with E-state index in [1.807, 2.05) is 6.92 Å². The number of rotatable bonds is 5. The number of carbonyl (C=O) groups excluding carboxylic acids is 1. The summed E-state index contributed by atoms with van der Waals surface area (Å²) in [6.45, 7) is 2.21. The molecule has 0 aliphatic rings. The monoisotopic (exact) mass is 276 g/mol. The number of halogens is 1. The molecule has 0 aromatic carbocycles. The Kier molecular flexibility index (Phi) is 4.77. The summed E-state index contributed by atoms with van der Waals surface area (Å²) in [5, 5.41) is 7.09. The van der Waals surface area contributed by atoms with Crippen molar-refractivity contribution in [2.45, 2.75) is 19.6 Å². The molecule has 0 saturated heterocycles. The number of methoxy groups -OCH3 is 1. The molecule has 1 heterocycles. The number of nitrogens with zero attached hydrogens (tertiary/aromatic N) is 1. The zero-order valence-corrected chi connectivity index (χ0v) is 10.2. The van der Waals surface area contributed by atoms with Gasteiger partial charge >= 0.3 is 0 Å². The van der Waals surface area contributed by atoms with Crippen molar-refractivity contribution >= 4 is 21.8 Å². The molecule has 1 unspecified atom stereocenters. The lowest BCUT2D eigenvalue weighted by atomic mass is 10.3. The van der Waals surface area contributed by atoms with E-state index in [9.17, 15) is 4.79 Å². The molecule has 0 radical (unpaired) electrons. The molecule has 6 heteroatoms. The SMILES string of the molecule is COCc1cc(C(=O)NC(C)CBr)no1. The van der Waals surface area contributed by atoms with Gasteiger partial charge in [-0.25, -0.2) is 0 Å². The first-order valence-corrected chi connectivity index (χ1v) is 5.61. The molecule has 0 bridgehead atoms. The minimum atomic E-state index is -0.243. The number of alkyl halides is 1. The van der Waals surface area contributed by atoms with E-state index in [1.165, 1.54) is 0 Å². The first-order chi connectivity index (χ1) is 7.17. The molecule has 0 saturated carbocycles. The van der Waals surface area contributed by atoms with E-state index < -0.39 is 0 Å². The number of ether oxygens (including phenoxy) is 1.